The molecule has 1 aliphatic heterocycles. The van der Waals surface area contributed by atoms with Gasteiger partial charge in [-0.3, -0.25) is 4.79 Å². The molecule has 0 unspecified atom stereocenters. The van der Waals surface area contributed by atoms with Crippen LogP contribution >= 0.6 is 11.8 Å². The zero-order valence-electron chi connectivity index (χ0n) is 18.8. The molecule has 1 fully saturated rings. The molecule has 0 aliphatic carbocycles. The minimum absolute atomic E-state index is 0.258. The van der Waals surface area contributed by atoms with Crippen molar-refractivity contribution in [2.75, 3.05) is 14.2 Å². The predicted molar refractivity (Wildman–Crippen MR) is 133 cm³/mol. The molecule has 1 heterocycles. The highest BCUT2D eigenvalue weighted by Crippen LogP contribution is 2.33. The first-order valence-electron chi connectivity index (χ1n) is 10.4. The second-order valence-electron chi connectivity index (χ2n) is 7.35. The third-order valence-electron chi connectivity index (χ3n) is 4.93. The largest absolute Gasteiger partial charge is 0.497 e. The average Bonchev–Trinajstić information content (AvgIpc) is 3.18. The molecule has 0 saturated carbocycles. The van der Waals surface area contributed by atoms with E-state index in [9.17, 15) is 9.59 Å². The number of aryl methyl sites for hydroxylation is 1. The minimum Gasteiger partial charge on any atom is -0.497 e. The van der Waals surface area contributed by atoms with Crippen molar-refractivity contribution in [2.24, 2.45) is 4.99 Å². The summed E-state index contributed by atoms with van der Waals surface area (Å²) in [5, 5.41) is 3.23. The Hall–Kier alpha value is -4.04. The third kappa shape index (κ3) is 5.47. The van der Waals surface area contributed by atoms with Gasteiger partial charge in [-0.2, -0.15) is 0 Å². The molecule has 0 radical (unpaired) electrons. The molecule has 3 aromatic rings. The van der Waals surface area contributed by atoms with Gasteiger partial charge in [0.25, 0.3) is 5.91 Å². The predicted octanol–water partition coefficient (Wildman–Crippen LogP) is 5.12. The molecule has 172 valence electrons. The molecule has 0 aromatic heterocycles. The van der Waals surface area contributed by atoms with E-state index in [2.05, 4.69) is 10.3 Å². The van der Waals surface area contributed by atoms with Gasteiger partial charge in [0.05, 0.1) is 30.4 Å². The van der Waals surface area contributed by atoms with Gasteiger partial charge < -0.3 is 19.5 Å². The average molecular weight is 475 g/mol. The monoisotopic (exact) mass is 474 g/mol. The van der Waals surface area contributed by atoms with Crippen LogP contribution < -0.4 is 19.5 Å². The van der Waals surface area contributed by atoms with Gasteiger partial charge in [-0.1, -0.05) is 23.8 Å². The molecule has 0 spiro atoms. The van der Waals surface area contributed by atoms with Gasteiger partial charge in [0, 0.05) is 0 Å². The van der Waals surface area contributed by atoms with Crippen molar-refractivity contribution in [3.8, 4) is 17.2 Å². The van der Waals surface area contributed by atoms with Gasteiger partial charge in [0.15, 0.2) is 16.7 Å². The lowest BCUT2D eigenvalue weighted by molar-refractivity contribution is -0.115. The number of nitrogens with zero attached hydrogens (tertiary/aromatic N) is 1. The third-order valence-corrected chi connectivity index (χ3v) is 5.84. The lowest BCUT2D eigenvalue weighted by atomic mass is 10.1. The Morgan fingerprint density at radius 2 is 1.68 bits per heavy atom. The number of esters is 1. The Kier molecular flexibility index (Phi) is 6.98. The summed E-state index contributed by atoms with van der Waals surface area (Å²) in [6, 6.07) is 19.4. The SMILES string of the molecule is COc1ccc(N=C2NC(=O)/C(=C/c3ccc(OC)c(OC(=O)c4ccc(C)cc4)c3)S2)cc1. The van der Waals surface area contributed by atoms with Crippen LogP contribution in [0.2, 0.25) is 0 Å². The number of ether oxygens (including phenoxy) is 3. The van der Waals surface area contributed by atoms with Crippen molar-refractivity contribution in [3.63, 3.8) is 0 Å². The second kappa shape index (κ2) is 10.3. The molecule has 1 amide bonds. The number of thioether (sulfide) groups is 1. The Morgan fingerprint density at radius 3 is 2.35 bits per heavy atom. The number of amidine groups is 1. The number of aliphatic imine (C=N–C) groups is 1. The molecule has 3 aromatic carbocycles. The second-order valence-corrected chi connectivity index (χ2v) is 8.38. The summed E-state index contributed by atoms with van der Waals surface area (Å²) in [4.78, 5) is 30.0. The van der Waals surface area contributed by atoms with Crippen LogP contribution in [0.3, 0.4) is 0 Å². The van der Waals surface area contributed by atoms with Crippen molar-refractivity contribution in [1.82, 2.24) is 5.32 Å². The van der Waals surface area contributed by atoms with Crippen LogP contribution in [0, 0.1) is 6.92 Å². The molecule has 1 N–H and O–H groups in total. The van der Waals surface area contributed by atoms with E-state index >= 15 is 0 Å². The number of hydrogen-bond donors (Lipinski definition) is 1. The first-order chi connectivity index (χ1) is 16.4. The fourth-order valence-corrected chi connectivity index (χ4v) is 3.96. The van der Waals surface area contributed by atoms with Crippen LogP contribution in [0.1, 0.15) is 21.5 Å². The Bertz CT molecular complexity index is 1280. The van der Waals surface area contributed by atoms with Crippen molar-refractivity contribution < 1.29 is 23.8 Å². The minimum atomic E-state index is -0.495. The topological polar surface area (TPSA) is 86.2 Å². The highest BCUT2D eigenvalue weighted by atomic mass is 32.2. The van der Waals surface area contributed by atoms with Gasteiger partial charge in [0.2, 0.25) is 0 Å². The zero-order chi connectivity index (χ0) is 24.1. The molecule has 0 atom stereocenters. The van der Waals surface area contributed by atoms with Crippen LogP contribution in [0.25, 0.3) is 6.08 Å². The van der Waals surface area contributed by atoms with Crippen LogP contribution in [-0.4, -0.2) is 31.3 Å². The lowest BCUT2D eigenvalue weighted by Crippen LogP contribution is -2.19. The van der Waals surface area contributed by atoms with Crippen LogP contribution in [0.15, 0.2) is 76.6 Å². The molecule has 7 nitrogen and oxygen atoms in total. The van der Waals surface area contributed by atoms with Gasteiger partial charge in [-0.25, -0.2) is 9.79 Å². The number of carbonyl (C=O) groups is 2. The van der Waals surface area contributed by atoms with Crippen molar-refractivity contribution >= 4 is 40.6 Å². The molecule has 34 heavy (non-hydrogen) atoms. The van der Waals surface area contributed by atoms with Gasteiger partial charge in [-0.05, 0) is 78.9 Å². The van der Waals surface area contributed by atoms with Crippen LogP contribution in [0.5, 0.6) is 17.2 Å². The molecule has 8 heteroatoms. The van der Waals surface area contributed by atoms with E-state index in [1.807, 2.05) is 19.1 Å². The Morgan fingerprint density at radius 1 is 0.941 bits per heavy atom. The highest BCUT2D eigenvalue weighted by Gasteiger charge is 2.24. The van der Waals surface area contributed by atoms with Gasteiger partial charge in [0.1, 0.15) is 5.75 Å². The summed E-state index contributed by atoms with van der Waals surface area (Å²) >= 11 is 1.23. The van der Waals surface area contributed by atoms with Crippen LogP contribution in [-0.2, 0) is 4.79 Å². The maximum absolute atomic E-state index is 12.6. The summed E-state index contributed by atoms with van der Waals surface area (Å²) in [5.41, 5.74) is 2.85. The van der Waals surface area contributed by atoms with Crippen molar-refractivity contribution in [3.05, 3.63) is 88.3 Å². The maximum atomic E-state index is 12.6. The Labute approximate surface area is 201 Å². The molecule has 4 rings (SSSR count). The van der Waals surface area contributed by atoms with E-state index in [-0.39, 0.29) is 11.7 Å². The number of amides is 1. The fourth-order valence-electron chi connectivity index (χ4n) is 3.12. The van der Waals surface area contributed by atoms with Crippen molar-refractivity contribution in [2.45, 2.75) is 6.92 Å². The quantitative estimate of drug-likeness (QED) is 0.303. The van der Waals surface area contributed by atoms with E-state index in [1.165, 1.54) is 18.9 Å². The molecule has 0 bridgehead atoms. The standard InChI is InChI=1S/C26H22N2O5S/c1-16-4-7-18(8-5-16)25(30)33-22-14-17(6-13-21(22)32-3)15-23-24(29)28-26(34-23)27-19-9-11-20(31-2)12-10-19/h4-15H,1-3H3,(H,27,28,29)/b23-15-. The maximum Gasteiger partial charge on any atom is 0.343 e. The van der Waals surface area contributed by atoms with E-state index in [1.54, 1.807) is 67.8 Å². The van der Waals surface area contributed by atoms with E-state index < -0.39 is 5.97 Å². The van der Waals surface area contributed by atoms with Crippen LogP contribution in [0.4, 0.5) is 5.69 Å². The summed E-state index contributed by atoms with van der Waals surface area (Å²) in [6.07, 6.45) is 1.71. The lowest BCUT2D eigenvalue weighted by Gasteiger charge is -2.10. The summed E-state index contributed by atoms with van der Waals surface area (Å²) in [6.45, 7) is 1.94. The number of hydrogen-bond acceptors (Lipinski definition) is 7. The van der Waals surface area contributed by atoms with Gasteiger partial charge >= 0.3 is 5.97 Å². The molecule has 1 saturated heterocycles. The Balaban J connectivity index is 1.54. The van der Waals surface area contributed by atoms with Gasteiger partial charge in [-0.15, -0.1) is 0 Å². The number of nitrogens with one attached hydrogen (secondary N) is 1. The molecular weight excluding hydrogens is 452 g/mol. The number of benzene rings is 3. The molecule has 1 aliphatic rings. The van der Waals surface area contributed by atoms with E-state index in [0.717, 1.165) is 11.3 Å². The van der Waals surface area contributed by atoms with E-state index in [4.69, 9.17) is 14.2 Å². The number of carbonyl (C=O) groups excluding carboxylic acids is 2. The first kappa shape index (κ1) is 23.1. The smallest absolute Gasteiger partial charge is 0.343 e. The number of rotatable bonds is 6. The fraction of sp³-hybridized carbons (Fsp3) is 0.115. The van der Waals surface area contributed by atoms with E-state index in [0.29, 0.717) is 32.6 Å². The summed E-state index contributed by atoms with van der Waals surface area (Å²) in [5.74, 6) is 0.646. The first-order valence-corrected chi connectivity index (χ1v) is 11.2. The van der Waals surface area contributed by atoms with Crippen molar-refractivity contribution in [1.29, 1.82) is 0 Å². The summed E-state index contributed by atoms with van der Waals surface area (Å²) < 4.78 is 16.1. The summed E-state index contributed by atoms with van der Waals surface area (Å²) in [7, 11) is 3.10. The highest BCUT2D eigenvalue weighted by molar-refractivity contribution is 8.18. The number of methoxy groups -OCH3 is 2. The zero-order valence-corrected chi connectivity index (χ0v) is 19.6. The normalized spacial score (nSPS) is 15.3. The molecular formula is C26H22N2O5S.